The summed E-state index contributed by atoms with van der Waals surface area (Å²) in [4.78, 5) is 10.2. The highest BCUT2D eigenvalue weighted by Gasteiger charge is 2.16. The van der Waals surface area contributed by atoms with E-state index in [1.807, 2.05) is 60.7 Å². The second-order valence-corrected chi connectivity index (χ2v) is 13.1. The molecule has 2 heterocycles. The molecule has 2 aromatic heterocycles. The summed E-state index contributed by atoms with van der Waals surface area (Å²) in [6, 6.07) is 56.1. The number of furan rings is 2. The molecule has 2 N–H and O–H groups in total. The minimum atomic E-state index is 0.384. The van der Waals surface area contributed by atoms with Crippen molar-refractivity contribution in [3.63, 3.8) is 0 Å². The first-order valence-corrected chi connectivity index (χ1v) is 17.4. The van der Waals surface area contributed by atoms with Gasteiger partial charge in [-0.05, 0) is 80.7 Å². The normalized spacial score (nSPS) is 12.6. The van der Waals surface area contributed by atoms with E-state index in [9.17, 15) is 0 Å². The Bertz CT molecular complexity index is 3070. The fourth-order valence-electron chi connectivity index (χ4n) is 7.42. The lowest BCUT2D eigenvalue weighted by molar-refractivity contribution is 0.668. The highest BCUT2D eigenvalue weighted by molar-refractivity contribution is 6.15. The summed E-state index contributed by atoms with van der Waals surface area (Å²) < 4.78 is 12.6. The molecule has 0 spiro atoms. The molecule has 0 unspecified atom stereocenters. The molecule has 0 radical (unpaired) electrons. The second-order valence-electron chi connectivity index (χ2n) is 13.1. The van der Waals surface area contributed by atoms with E-state index in [4.69, 9.17) is 24.6 Å². The Morgan fingerprint density at radius 2 is 1.10 bits per heavy atom. The van der Waals surface area contributed by atoms with Crippen LogP contribution in [0.15, 0.2) is 183 Å². The highest BCUT2D eigenvalue weighted by atomic mass is 16.3. The first-order chi connectivity index (χ1) is 25.7. The van der Waals surface area contributed by atoms with Gasteiger partial charge in [0.05, 0.1) is 6.54 Å². The van der Waals surface area contributed by atoms with Crippen LogP contribution < -0.4 is 5.73 Å². The van der Waals surface area contributed by atoms with Gasteiger partial charge in [-0.15, -0.1) is 0 Å². The molecule has 8 aromatic carbocycles. The summed E-state index contributed by atoms with van der Waals surface area (Å²) >= 11 is 0. The topological polar surface area (TPSA) is 77.0 Å². The van der Waals surface area contributed by atoms with Crippen molar-refractivity contribution in [3.8, 4) is 11.1 Å². The molecular formula is C47H31N3O2. The van der Waals surface area contributed by atoms with Crippen molar-refractivity contribution in [3.05, 3.63) is 180 Å². The third-order valence-corrected chi connectivity index (χ3v) is 9.97. The van der Waals surface area contributed by atoms with E-state index in [1.54, 1.807) is 0 Å². The molecule has 0 aliphatic heterocycles. The third kappa shape index (κ3) is 5.10. The number of para-hydroxylation sites is 1. The summed E-state index contributed by atoms with van der Waals surface area (Å²) in [6.07, 6.45) is 0. The zero-order valence-corrected chi connectivity index (χ0v) is 28.1. The fourth-order valence-corrected chi connectivity index (χ4v) is 7.42. The van der Waals surface area contributed by atoms with Crippen molar-refractivity contribution in [1.29, 1.82) is 0 Å². The standard InChI is InChI=1S/C47H31N3O2/c48-46(34-21-19-29-9-1-3-11-31(29)25-34)50-47(35-22-20-30-10-2-4-12-32(30)26-35)49-28-36-13-7-17-42-44(36)39-27-33(23-24-41(39)52-42)37-15-8-18-43-45(37)38-14-5-6-16-40(38)51-43/h1-27H,28H2,(H2,48,49,50). The van der Waals surface area contributed by atoms with Gasteiger partial charge in [-0.25, -0.2) is 4.99 Å². The van der Waals surface area contributed by atoms with E-state index >= 15 is 0 Å². The first-order valence-electron chi connectivity index (χ1n) is 17.4. The van der Waals surface area contributed by atoms with Crippen LogP contribution in [0.3, 0.4) is 0 Å². The molecule has 52 heavy (non-hydrogen) atoms. The van der Waals surface area contributed by atoms with Crippen LogP contribution in [-0.2, 0) is 6.54 Å². The zero-order valence-electron chi connectivity index (χ0n) is 28.1. The van der Waals surface area contributed by atoms with Gasteiger partial charge in [-0.1, -0.05) is 121 Å². The quantitative estimate of drug-likeness (QED) is 0.146. The summed E-state index contributed by atoms with van der Waals surface area (Å²) in [6.45, 7) is 0.384. The molecule has 0 bridgehead atoms. The predicted molar refractivity (Wildman–Crippen MR) is 215 cm³/mol. The number of nitrogens with zero attached hydrogens (tertiary/aromatic N) is 2. The SMILES string of the molecule is N/C(=N\C(=N/Cc1cccc2oc3ccc(-c4cccc5oc6ccccc6c45)cc3c12)c1ccc2ccccc2c1)c1ccc2ccccc2c1. The number of benzene rings is 8. The summed E-state index contributed by atoms with van der Waals surface area (Å²) in [7, 11) is 0. The number of amidine groups is 2. The van der Waals surface area contributed by atoms with E-state index in [0.717, 1.165) is 93.2 Å². The first kappa shape index (κ1) is 29.9. The minimum Gasteiger partial charge on any atom is -0.456 e. The van der Waals surface area contributed by atoms with Crippen LogP contribution in [0.25, 0.3) is 76.5 Å². The van der Waals surface area contributed by atoms with Gasteiger partial charge >= 0.3 is 0 Å². The Labute approximate surface area is 299 Å². The van der Waals surface area contributed by atoms with Crippen LogP contribution in [0, 0.1) is 0 Å². The molecule has 0 saturated carbocycles. The van der Waals surface area contributed by atoms with Crippen molar-refractivity contribution >= 4 is 77.1 Å². The maximum absolute atomic E-state index is 6.74. The van der Waals surface area contributed by atoms with E-state index < -0.39 is 0 Å². The van der Waals surface area contributed by atoms with Gasteiger partial charge in [0.1, 0.15) is 28.2 Å². The predicted octanol–water partition coefficient (Wildman–Crippen LogP) is 11.8. The molecule has 246 valence electrons. The maximum atomic E-state index is 6.74. The van der Waals surface area contributed by atoms with Gasteiger partial charge in [0, 0.05) is 32.7 Å². The Balaban J connectivity index is 1.10. The van der Waals surface area contributed by atoms with Gasteiger partial charge in [-0.3, -0.25) is 4.99 Å². The minimum absolute atomic E-state index is 0.384. The third-order valence-electron chi connectivity index (χ3n) is 9.97. The average molecular weight is 670 g/mol. The maximum Gasteiger partial charge on any atom is 0.157 e. The van der Waals surface area contributed by atoms with Crippen LogP contribution in [0.4, 0.5) is 0 Å². The zero-order chi connectivity index (χ0) is 34.6. The number of fused-ring (bicyclic) bond motifs is 8. The summed E-state index contributed by atoms with van der Waals surface area (Å²) in [5.41, 5.74) is 15.1. The van der Waals surface area contributed by atoms with Crippen molar-refractivity contribution in [2.45, 2.75) is 6.54 Å². The smallest absolute Gasteiger partial charge is 0.157 e. The lowest BCUT2D eigenvalue weighted by Crippen LogP contribution is -2.16. The Kier molecular flexibility index (Phi) is 6.96. The number of hydrogen-bond donors (Lipinski definition) is 1. The largest absolute Gasteiger partial charge is 0.456 e. The fraction of sp³-hybridized carbons (Fsp3) is 0.0213. The molecular weight excluding hydrogens is 639 g/mol. The van der Waals surface area contributed by atoms with Crippen LogP contribution in [0.5, 0.6) is 0 Å². The summed E-state index contributed by atoms with van der Waals surface area (Å²) in [5, 5.41) is 8.82. The number of nitrogens with two attached hydrogens (primary N) is 1. The van der Waals surface area contributed by atoms with E-state index in [0.29, 0.717) is 18.2 Å². The van der Waals surface area contributed by atoms with Gasteiger partial charge in [-0.2, -0.15) is 0 Å². The number of hydrogen-bond acceptors (Lipinski definition) is 3. The Hall–Kier alpha value is -6.98. The molecule has 0 saturated heterocycles. The molecule has 0 fully saturated rings. The van der Waals surface area contributed by atoms with Crippen LogP contribution >= 0.6 is 0 Å². The van der Waals surface area contributed by atoms with Crippen molar-refractivity contribution in [1.82, 2.24) is 0 Å². The number of rotatable bonds is 5. The molecule has 5 heteroatoms. The molecule has 10 aromatic rings. The molecule has 0 atom stereocenters. The molecule has 10 rings (SSSR count). The van der Waals surface area contributed by atoms with Crippen LogP contribution in [-0.4, -0.2) is 11.7 Å². The molecule has 0 aliphatic carbocycles. The van der Waals surface area contributed by atoms with Gasteiger partial charge in [0.2, 0.25) is 0 Å². The van der Waals surface area contributed by atoms with Crippen molar-refractivity contribution in [2.75, 3.05) is 0 Å². The summed E-state index contributed by atoms with van der Waals surface area (Å²) in [5.74, 6) is 0.982. The lowest BCUT2D eigenvalue weighted by atomic mass is 9.97. The Morgan fingerprint density at radius 1 is 0.481 bits per heavy atom. The van der Waals surface area contributed by atoms with Crippen LogP contribution in [0.1, 0.15) is 16.7 Å². The number of aliphatic imine (C=N–C) groups is 2. The van der Waals surface area contributed by atoms with Crippen LogP contribution in [0.2, 0.25) is 0 Å². The van der Waals surface area contributed by atoms with E-state index in [-0.39, 0.29) is 0 Å². The van der Waals surface area contributed by atoms with Gasteiger partial charge in [0.25, 0.3) is 0 Å². The van der Waals surface area contributed by atoms with E-state index in [1.165, 1.54) is 0 Å². The van der Waals surface area contributed by atoms with Gasteiger partial charge < -0.3 is 14.6 Å². The lowest BCUT2D eigenvalue weighted by Gasteiger charge is -2.09. The monoisotopic (exact) mass is 669 g/mol. The highest BCUT2D eigenvalue weighted by Crippen LogP contribution is 2.40. The van der Waals surface area contributed by atoms with Gasteiger partial charge in [0.15, 0.2) is 5.84 Å². The molecule has 0 aliphatic rings. The Morgan fingerprint density at radius 3 is 1.88 bits per heavy atom. The van der Waals surface area contributed by atoms with Crippen molar-refractivity contribution < 1.29 is 8.83 Å². The second kappa shape index (κ2) is 12.1. The van der Waals surface area contributed by atoms with E-state index in [2.05, 4.69) is 103 Å². The molecule has 0 amide bonds. The molecule has 5 nitrogen and oxygen atoms in total. The average Bonchev–Trinajstić information content (AvgIpc) is 3.77. The van der Waals surface area contributed by atoms with Crippen molar-refractivity contribution in [2.24, 2.45) is 15.7 Å².